The molecular weight excluding hydrogens is 160 g/mol. The Labute approximate surface area is 68.8 Å². The van der Waals surface area contributed by atoms with Crippen molar-refractivity contribution in [2.75, 3.05) is 0 Å². The molecule has 1 aromatic rings. The van der Waals surface area contributed by atoms with Crippen LogP contribution in [-0.2, 0) is 10.3 Å². The number of carbonyl (C=O) groups is 1. The van der Waals surface area contributed by atoms with Gasteiger partial charge in [0.15, 0.2) is 0 Å². The lowest BCUT2D eigenvalue weighted by Crippen LogP contribution is -2.15. The molecule has 2 nitrogen and oxygen atoms in total. The molecule has 1 aromatic heterocycles. The fraction of sp³-hybridized carbons (Fsp3) is 0.375. The molecule has 11 heavy (non-hydrogen) atoms. The number of rotatable bonds is 0. The Balaban J connectivity index is 2.63. The third kappa shape index (κ3) is 0.807. The highest BCUT2D eigenvalue weighted by Crippen LogP contribution is 2.39. The van der Waals surface area contributed by atoms with Crippen molar-refractivity contribution < 1.29 is 9.53 Å². The Hall–Kier alpha value is -0.830. The van der Waals surface area contributed by atoms with E-state index >= 15 is 0 Å². The second-order valence-corrected chi connectivity index (χ2v) is 3.98. The van der Waals surface area contributed by atoms with Crippen LogP contribution in [0.5, 0.6) is 0 Å². The SMILES string of the molecule is CC1(C)OC(=O)c2ccsc21. The first kappa shape index (κ1) is 6.85. The average molecular weight is 168 g/mol. The predicted octanol–water partition coefficient (Wildman–Crippen LogP) is 2.15. The third-order valence-corrected chi connectivity index (χ3v) is 3.00. The van der Waals surface area contributed by atoms with E-state index in [9.17, 15) is 4.79 Å². The topological polar surface area (TPSA) is 26.3 Å². The van der Waals surface area contributed by atoms with Gasteiger partial charge in [-0.1, -0.05) is 0 Å². The number of fused-ring (bicyclic) bond motifs is 1. The fourth-order valence-corrected chi connectivity index (χ4v) is 2.21. The van der Waals surface area contributed by atoms with E-state index in [0.717, 1.165) is 10.4 Å². The second-order valence-electron chi connectivity index (χ2n) is 3.06. The molecule has 0 bridgehead atoms. The van der Waals surface area contributed by atoms with Crippen LogP contribution in [-0.4, -0.2) is 5.97 Å². The Morgan fingerprint density at radius 1 is 1.55 bits per heavy atom. The number of thiophene rings is 1. The minimum absolute atomic E-state index is 0.189. The summed E-state index contributed by atoms with van der Waals surface area (Å²) >= 11 is 1.58. The zero-order valence-electron chi connectivity index (χ0n) is 6.38. The van der Waals surface area contributed by atoms with Crippen LogP contribution in [0, 0.1) is 0 Å². The van der Waals surface area contributed by atoms with Gasteiger partial charge in [-0.05, 0) is 25.3 Å². The molecule has 0 amide bonds. The summed E-state index contributed by atoms with van der Waals surface area (Å²) in [5, 5.41) is 1.92. The molecule has 3 heteroatoms. The summed E-state index contributed by atoms with van der Waals surface area (Å²) in [5.74, 6) is -0.189. The van der Waals surface area contributed by atoms with Gasteiger partial charge in [0.25, 0.3) is 0 Å². The molecule has 0 radical (unpaired) electrons. The maximum Gasteiger partial charge on any atom is 0.340 e. The third-order valence-electron chi connectivity index (χ3n) is 1.78. The Kier molecular flexibility index (Phi) is 1.16. The van der Waals surface area contributed by atoms with Crippen molar-refractivity contribution >= 4 is 17.3 Å². The summed E-state index contributed by atoms with van der Waals surface area (Å²) < 4.78 is 5.13. The van der Waals surface area contributed by atoms with Crippen molar-refractivity contribution in [2.24, 2.45) is 0 Å². The van der Waals surface area contributed by atoms with Gasteiger partial charge >= 0.3 is 5.97 Å². The molecule has 1 aliphatic heterocycles. The van der Waals surface area contributed by atoms with Crippen LogP contribution < -0.4 is 0 Å². The van der Waals surface area contributed by atoms with Crippen molar-refractivity contribution in [1.29, 1.82) is 0 Å². The molecule has 0 aliphatic carbocycles. The van der Waals surface area contributed by atoms with E-state index in [1.165, 1.54) is 0 Å². The monoisotopic (exact) mass is 168 g/mol. The fourth-order valence-electron chi connectivity index (χ4n) is 1.27. The maximum atomic E-state index is 11.1. The molecule has 2 heterocycles. The molecule has 0 saturated carbocycles. The summed E-state index contributed by atoms with van der Waals surface area (Å²) in [6.45, 7) is 3.82. The first-order chi connectivity index (χ1) is 5.11. The minimum atomic E-state index is -0.402. The number of carbonyl (C=O) groups excluding carboxylic acids is 1. The first-order valence-corrected chi connectivity index (χ1v) is 4.30. The molecule has 1 aliphatic rings. The highest BCUT2D eigenvalue weighted by Gasteiger charge is 2.38. The molecular formula is C8H8O2S. The number of esters is 1. The van der Waals surface area contributed by atoms with Gasteiger partial charge in [0.05, 0.1) is 10.4 Å². The minimum Gasteiger partial charge on any atom is -0.450 e. The molecule has 0 fully saturated rings. The number of ether oxygens (including phenoxy) is 1. The van der Waals surface area contributed by atoms with Gasteiger partial charge in [0, 0.05) is 0 Å². The van der Waals surface area contributed by atoms with Crippen molar-refractivity contribution in [3.8, 4) is 0 Å². The highest BCUT2D eigenvalue weighted by molar-refractivity contribution is 7.10. The van der Waals surface area contributed by atoms with Crippen LogP contribution in [0.4, 0.5) is 0 Å². The molecule has 0 aromatic carbocycles. The lowest BCUT2D eigenvalue weighted by molar-refractivity contribution is 0.0105. The van der Waals surface area contributed by atoms with Gasteiger partial charge in [-0.25, -0.2) is 4.79 Å². The standard InChI is InChI=1S/C8H8O2S/c1-8(2)6-5(3-4-11-6)7(9)10-8/h3-4H,1-2H3. The Morgan fingerprint density at radius 3 is 2.91 bits per heavy atom. The molecule has 58 valence electrons. The van der Waals surface area contributed by atoms with E-state index in [1.807, 2.05) is 25.3 Å². The summed E-state index contributed by atoms with van der Waals surface area (Å²) in [7, 11) is 0. The van der Waals surface area contributed by atoms with Crippen LogP contribution in [0.3, 0.4) is 0 Å². The van der Waals surface area contributed by atoms with Crippen LogP contribution in [0.2, 0.25) is 0 Å². The van der Waals surface area contributed by atoms with E-state index in [0.29, 0.717) is 0 Å². The van der Waals surface area contributed by atoms with Gasteiger partial charge in [-0.15, -0.1) is 11.3 Å². The van der Waals surface area contributed by atoms with Crippen LogP contribution in [0.25, 0.3) is 0 Å². The lowest BCUT2D eigenvalue weighted by atomic mass is 10.1. The van der Waals surface area contributed by atoms with E-state index in [4.69, 9.17) is 4.74 Å². The largest absolute Gasteiger partial charge is 0.450 e. The average Bonchev–Trinajstić information content (AvgIpc) is 2.37. The first-order valence-electron chi connectivity index (χ1n) is 3.42. The molecule has 0 atom stereocenters. The molecule has 0 saturated heterocycles. The second kappa shape index (κ2) is 1.85. The maximum absolute atomic E-state index is 11.1. The van der Waals surface area contributed by atoms with Crippen molar-refractivity contribution in [3.63, 3.8) is 0 Å². The summed E-state index contributed by atoms with van der Waals surface area (Å²) in [4.78, 5) is 12.2. The van der Waals surface area contributed by atoms with Crippen molar-refractivity contribution in [3.05, 3.63) is 21.9 Å². The van der Waals surface area contributed by atoms with Crippen LogP contribution in [0.15, 0.2) is 11.4 Å². The normalized spacial score (nSPS) is 19.6. The zero-order chi connectivity index (χ0) is 8.06. The summed E-state index contributed by atoms with van der Waals surface area (Å²) in [5.41, 5.74) is 0.334. The van der Waals surface area contributed by atoms with E-state index in [1.54, 1.807) is 11.3 Å². The van der Waals surface area contributed by atoms with Crippen LogP contribution >= 0.6 is 11.3 Å². The zero-order valence-corrected chi connectivity index (χ0v) is 7.20. The number of hydrogen-bond donors (Lipinski definition) is 0. The van der Waals surface area contributed by atoms with Crippen molar-refractivity contribution in [2.45, 2.75) is 19.4 Å². The summed E-state index contributed by atoms with van der Waals surface area (Å²) in [6.07, 6.45) is 0. The predicted molar refractivity (Wildman–Crippen MR) is 42.8 cm³/mol. The molecule has 0 unspecified atom stereocenters. The molecule has 0 spiro atoms. The summed E-state index contributed by atoms with van der Waals surface area (Å²) in [6, 6.07) is 1.82. The number of cyclic esters (lactones) is 1. The van der Waals surface area contributed by atoms with Gasteiger partial charge in [-0.2, -0.15) is 0 Å². The molecule has 0 N–H and O–H groups in total. The van der Waals surface area contributed by atoms with Crippen molar-refractivity contribution in [1.82, 2.24) is 0 Å². The Morgan fingerprint density at radius 2 is 2.27 bits per heavy atom. The van der Waals surface area contributed by atoms with Gasteiger partial charge in [-0.3, -0.25) is 0 Å². The van der Waals surface area contributed by atoms with Gasteiger partial charge in [0.2, 0.25) is 0 Å². The highest BCUT2D eigenvalue weighted by atomic mass is 32.1. The van der Waals surface area contributed by atoms with Gasteiger partial charge in [0.1, 0.15) is 5.60 Å². The number of hydrogen-bond acceptors (Lipinski definition) is 3. The lowest BCUT2D eigenvalue weighted by Gasteiger charge is -2.15. The smallest absolute Gasteiger partial charge is 0.340 e. The van der Waals surface area contributed by atoms with E-state index in [-0.39, 0.29) is 5.97 Å². The van der Waals surface area contributed by atoms with E-state index < -0.39 is 5.60 Å². The quantitative estimate of drug-likeness (QED) is 0.555. The Bertz CT molecular complexity index is 312. The van der Waals surface area contributed by atoms with E-state index in [2.05, 4.69) is 0 Å². The molecule has 2 rings (SSSR count). The van der Waals surface area contributed by atoms with Crippen LogP contribution in [0.1, 0.15) is 29.1 Å². The van der Waals surface area contributed by atoms with Gasteiger partial charge < -0.3 is 4.74 Å².